The van der Waals surface area contributed by atoms with Gasteiger partial charge in [0.15, 0.2) is 0 Å². The molecule has 5 nitrogen and oxygen atoms in total. The number of aromatic amines is 1. The maximum absolute atomic E-state index is 11.1. The lowest BCUT2D eigenvalue weighted by molar-refractivity contribution is -0.140. The normalized spacial score (nSPS) is 16.4. The van der Waals surface area contributed by atoms with Gasteiger partial charge in [-0.3, -0.25) is 9.89 Å². The van der Waals surface area contributed by atoms with E-state index in [1.807, 2.05) is 0 Å². The molecule has 1 aromatic rings. The number of hydrogen-bond donors (Lipinski definition) is 2. The van der Waals surface area contributed by atoms with Crippen molar-refractivity contribution in [3.05, 3.63) is 17.0 Å². The summed E-state index contributed by atoms with van der Waals surface area (Å²) in [6.07, 6.45) is 5.46. The number of nitrogens with zero attached hydrogens (tertiary/aromatic N) is 1. The number of H-pyrrole nitrogens is 1. The molecule has 0 amide bonds. The Hall–Kier alpha value is -1.36. The van der Waals surface area contributed by atoms with Crippen molar-refractivity contribution in [2.24, 2.45) is 5.73 Å². The Kier molecular flexibility index (Phi) is 3.78. The van der Waals surface area contributed by atoms with Crippen LogP contribution in [0.1, 0.15) is 48.7 Å². The largest absolute Gasteiger partial charge is 0.469 e. The summed E-state index contributed by atoms with van der Waals surface area (Å²) < 4.78 is 4.61. The molecule has 1 aliphatic carbocycles. The zero-order valence-electron chi connectivity index (χ0n) is 10.2. The van der Waals surface area contributed by atoms with Gasteiger partial charge < -0.3 is 10.5 Å². The Labute approximate surface area is 101 Å². The monoisotopic (exact) mass is 237 g/mol. The van der Waals surface area contributed by atoms with Crippen LogP contribution in [0.2, 0.25) is 0 Å². The van der Waals surface area contributed by atoms with E-state index in [0.717, 1.165) is 18.5 Å². The van der Waals surface area contributed by atoms with Crippen LogP contribution in [-0.4, -0.2) is 23.3 Å². The molecule has 1 aliphatic rings. The lowest BCUT2D eigenvalue weighted by Crippen LogP contribution is -2.16. The minimum Gasteiger partial charge on any atom is -0.469 e. The lowest BCUT2D eigenvalue weighted by atomic mass is 9.93. The van der Waals surface area contributed by atoms with E-state index < -0.39 is 0 Å². The van der Waals surface area contributed by atoms with Crippen LogP contribution in [0.4, 0.5) is 0 Å². The van der Waals surface area contributed by atoms with Crippen molar-refractivity contribution in [1.82, 2.24) is 10.2 Å². The first-order valence-electron chi connectivity index (χ1n) is 6.10. The number of hydrogen-bond acceptors (Lipinski definition) is 4. The van der Waals surface area contributed by atoms with E-state index in [0.29, 0.717) is 12.8 Å². The van der Waals surface area contributed by atoms with Gasteiger partial charge in [0.05, 0.1) is 12.8 Å². The third-order valence-electron chi connectivity index (χ3n) is 3.33. The molecular weight excluding hydrogens is 218 g/mol. The SMILES string of the molecule is COC(=O)CCC(N)c1n[nH]c2c1CCCC2. The summed E-state index contributed by atoms with van der Waals surface area (Å²) in [5, 5.41) is 7.36. The Bertz CT molecular complexity index is 400. The number of nitrogens with one attached hydrogen (secondary N) is 1. The molecule has 0 saturated heterocycles. The zero-order chi connectivity index (χ0) is 12.3. The number of ether oxygens (including phenoxy) is 1. The molecule has 94 valence electrons. The van der Waals surface area contributed by atoms with Crippen molar-refractivity contribution < 1.29 is 9.53 Å². The summed E-state index contributed by atoms with van der Waals surface area (Å²) in [5.41, 5.74) is 9.50. The minimum absolute atomic E-state index is 0.174. The van der Waals surface area contributed by atoms with Crippen LogP contribution < -0.4 is 5.73 Å². The van der Waals surface area contributed by atoms with E-state index in [1.165, 1.54) is 31.2 Å². The smallest absolute Gasteiger partial charge is 0.305 e. The third kappa shape index (κ3) is 2.66. The van der Waals surface area contributed by atoms with Crippen molar-refractivity contribution in [3.63, 3.8) is 0 Å². The number of esters is 1. The molecule has 0 bridgehead atoms. The van der Waals surface area contributed by atoms with Crippen molar-refractivity contribution in [2.45, 2.75) is 44.6 Å². The van der Waals surface area contributed by atoms with Gasteiger partial charge in [-0.25, -0.2) is 0 Å². The molecular formula is C12H19N3O2. The second kappa shape index (κ2) is 5.31. The molecule has 0 radical (unpaired) electrons. The van der Waals surface area contributed by atoms with Gasteiger partial charge in [-0.05, 0) is 37.7 Å². The van der Waals surface area contributed by atoms with Crippen molar-refractivity contribution >= 4 is 5.97 Å². The van der Waals surface area contributed by atoms with Crippen LogP contribution in [0, 0.1) is 0 Å². The Balaban J connectivity index is 2.01. The van der Waals surface area contributed by atoms with Gasteiger partial charge >= 0.3 is 5.97 Å². The molecule has 1 atom stereocenters. The average molecular weight is 237 g/mol. The fraction of sp³-hybridized carbons (Fsp3) is 0.667. The topological polar surface area (TPSA) is 81.0 Å². The first-order chi connectivity index (χ1) is 8.22. The highest BCUT2D eigenvalue weighted by Crippen LogP contribution is 2.26. The van der Waals surface area contributed by atoms with Gasteiger partial charge in [0.25, 0.3) is 0 Å². The van der Waals surface area contributed by atoms with Crippen LogP contribution >= 0.6 is 0 Å². The quantitative estimate of drug-likeness (QED) is 0.772. The van der Waals surface area contributed by atoms with E-state index in [9.17, 15) is 4.79 Å². The summed E-state index contributed by atoms with van der Waals surface area (Å²) in [6.45, 7) is 0. The molecule has 0 spiro atoms. The molecule has 0 aromatic carbocycles. The Morgan fingerprint density at radius 3 is 3.06 bits per heavy atom. The van der Waals surface area contributed by atoms with Crippen molar-refractivity contribution in [3.8, 4) is 0 Å². The number of fused-ring (bicyclic) bond motifs is 1. The van der Waals surface area contributed by atoms with Crippen LogP contribution in [0.5, 0.6) is 0 Å². The number of methoxy groups -OCH3 is 1. The highest BCUT2D eigenvalue weighted by Gasteiger charge is 2.21. The first kappa shape index (κ1) is 12.1. The predicted octanol–water partition coefficient (Wildman–Crippen LogP) is 1.24. The van der Waals surface area contributed by atoms with E-state index in [1.54, 1.807) is 0 Å². The molecule has 2 rings (SSSR count). The Morgan fingerprint density at radius 2 is 2.29 bits per heavy atom. The van der Waals surface area contributed by atoms with Gasteiger partial charge in [0, 0.05) is 18.2 Å². The fourth-order valence-electron chi connectivity index (χ4n) is 2.33. The molecule has 5 heteroatoms. The van der Waals surface area contributed by atoms with Gasteiger partial charge in [0.1, 0.15) is 0 Å². The van der Waals surface area contributed by atoms with E-state index in [-0.39, 0.29) is 12.0 Å². The van der Waals surface area contributed by atoms with E-state index >= 15 is 0 Å². The number of carbonyl (C=O) groups is 1. The molecule has 0 aliphatic heterocycles. The number of rotatable bonds is 4. The summed E-state index contributed by atoms with van der Waals surface area (Å²) in [4.78, 5) is 11.1. The number of aromatic nitrogens is 2. The summed E-state index contributed by atoms with van der Waals surface area (Å²) in [7, 11) is 1.39. The lowest BCUT2D eigenvalue weighted by Gasteiger charge is -2.14. The minimum atomic E-state index is -0.218. The molecule has 17 heavy (non-hydrogen) atoms. The summed E-state index contributed by atoms with van der Waals surface area (Å²) >= 11 is 0. The van der Waals surface area contributed by atoms with Gasteiger partial charge in [0.2, 0.25) is 0 Å². The van der Waals surface area contributed by atoms with E-state index in [2.05, 4.69) is 14.9 Å². The van der Waals surface area contributed by atoms with E-state index in [4.69, 9.17) is 5.73 Å². The fourth-order valence-corrected chi connectivity index (χ4v) is 2.33. The number of carbonyl (C=O) groups excluding carboxylic acids is 1. The molecule has 1 heterocycles. The van der Waals surface area contributed by atoms with Crippen LogP contribution in [0.15, 0.2) is 0 Å². The molecule has 3 N–H and O–H groups in total. The predicted molar refractivity (Wildman–Crippen MR) is 63.4 cm³/mol. The van der Waals surface area contributed by atoms with Crippen LogP contribution in [0.3, 0.4) is 0 Å². The maximum Gasteiger partial charge on any atom is 0.305 e. The zero-order valence-corrected chi connectivity index (χ0v) is 10.2. The maximum atomic E-state index is 11.1. The van der Waals surface area contributed by atoms with Crippen molar-refractivity contribution in [2.75, 3.05) is 7.11 Å². The highest BCUT2D eigenvalue weighted by atomic mass is 16.5. The number of nitrogens with two attached hydrogens (primary N) is 1. The highest BCUT2D eigenvalue weighted by molar-refractivity contribution is 5.69. The molecule has 1 aromatic heterocycles. The van der Waals surface area contributed by atoms with Crippen molar-refractivity contribution in [1.29, 1.82) is 0 Å². The summed E-state index contributed by atoms with van der Waals surface area (Å²) in [5.74, 6) is -0.218. The summed E-state index contributed by atoms with van der Waals surface area (Å²) in [6, 6.07) is -0.174. The molecule has 0 fully saturated rings. The standard InChI is InChI=1S/C12H19N3O2/c1-17-11(16)7-6-9(13)12-8-4-2-3-5-10(8)14-15-12/h9H,2-7,13H2,1H3,(H,14,15). The molecule has 0 saturated carbocycles. The number of aryl methyl sites for hydroxylation is 1. The van der Waals surface area contributed by atoms with Gasteiger partial charge in [-0.15, -0.1) is 0 Å². The second-order valence-corrected chi connectivity index (χ2v) is 4.49. The van der Waals surface area contributed by atoms with Crippen LogP contribution in [0.25, 0.3) is 0 Å². The third-order valence-corrected chi connectivity index (χ3v) is 3.33. The second-order valence-electron chi connectivity index (χ2n) is 4.49. The van der Waals surface area contributed by atoms with Gasteiger partial charge in [-0.1, -0.05) is 0 Å². The Morgan fingerprint density at radius 1 is 1.53 bits per heavy atom. The average Bonchev–Trinajstić information content (AvgIpc) is 2.79. The first-order valence-corrected chi connectivity index (χ1v) is 6.10. The van der Waals surface area contributed by atoms with Crippen LogP contribution in [-0.2, 0) is 22.4 Å². The van der Waals surface area contributed by atoms with Gasteiger partial charge in [-0.2, -0.15) is 5.10 Å². The molecule has 1 unspecified atom stereocenters.